The number of aliphatic hydroxyl groups is 1. The van der Waals surface area contributed by atoms with E-state index in [-0.39, 0.29) is 6.10 Å². The molecule has 0 spiro atoms. The van der Waals surface area contributed by atoms with Gasteiger partial charge < -0.3 is 5.11 Å². The van der Waals surface area contributed by atoms with Crippen LogP contribution in [-0.4, -0.2) is 10.1 Å². The number of aryl methyl sites for hydroxylation is 1. The summed E-state index contributed by atoms with van der Waals surface area (Å²) in [5.41, 5.74) is 2.08. The van der Waals surface area contributed by atoms with Crippen LogP contribution in [0.15, 0.2) is 18.3 Å². The minimum atomic E-state index is -0.355. The van der Waals surface area contributed by atoms with E-state index in [0.717, 1.165) is 24.5 Å². The van der Waals surface area contributed by atoms with Gasteiger partial charge in [-0.05, 0) is 30.4 Å². The van der Waals surface area contributed by atoms with E-state index in [0.29, 0.717) is 0 Å². The fraction of sp³-hybridized carbons (Fsp3) is 0.615. The minimum absolute atomic E-state index is 0.355. The first kappa shape index (κ1) is 10.6. The second kappa shape index (κ2) is 4.75. The van der Waals surface area contributed by atoms with Gasteiger partial charge in [0.2, 0.25) is 0 Å². The lowest BCUT2D eigenvalue weighted by molar-refractivity contribution is 0.114. The maximum Gasteiger partial charge on any atom is 0.0965 e. The third-order valence-electron chi connectivity index (χ3n) is 3.40. The average Bonchev–Trinajstić information content (AvgIpc) is 2.23. The van der Waals surface area contributed by atoms with E-state index in [4.69, 9.17) is 0 Å². The van der Waals surface area contributed by atoms with Gasteiger partial charge >= 0.3 is 0 Å². The Kier molecular flexibility index (Phi) is 3.37. The maximum absolute atomic E-state index is 10.1. The molecule has 1 heterocycles. The van der Waals surface area contributed by atoms with Crippen LogP contribution in [0.2, 0.25) is 0 Å². The van der Waals surface area contributed by atoms with Crippen LogP contribution in [0, 0.1) is 5.92 Å². The third-order valence-corrected chi connectivity index (χ3v) is 3.40. The molecule has 1 aromatic rings. The molecule has 2 heteroatoms. The Hall–Kier alpha value is -0.890. The molecule has 1 unspecified atom stereocenters. The molecule has 0 radical (unpaired) electrons. The van der Waals surface area contributed by atoms with E-state index in [2.05, 4.69) is 18.0 Å². The number of hydrogen-bond donors (Lipinski definition) is 1. The zero-order valence-electron chi connectivity index (χ0n) is 9.32. The van der Waals surface area contributed by atoms with Crippen molar-refractivity contribution in [1.82, 2.24) is 4.98 Å². The molecule has 2 nitrogen and oxygen atoms in total. The summed E-state index contributed by atoms with van der Waals surface area (Å²) >= 11 is 0. The Bertz CT molecular complexity index is 320. The largest absolute Gasteiger partial charge is 0.387 e. The SMILES string of the molecule is CCc1cccnc1C(O)CC1CCC1. The summed E-state index contributed by atoms with van der Waals surface area (Å²) in [5.74, 6) is 0.728. The van der Waals surface area contributed by atoms with Gasteiger partial charge in [-0.2, -0.15) is 0 Å². The van der Waals surface area contributed by atoms with E-state index < -0.39 is 0 Å². The molecule has 0 amide bonds. The first-order valence-corrected chi connectivity index (χ1v) is 5.93. The van der Waals surface area contributed by atoms with Crippen molar-refractivity contribution in [2.24, 2.45) is 5.92 Å². The number of aromatic nitrogens is 1. The summed E-state index contributed by atoms with van der Waals surface area (Å²) in [6, 6.07) is 4.00. The first-order valence-electron chi connectivity index (χ1n) is 5.93. The number of aliphatic hydroxyl groups excluding tert-OH is 1. The molecule has 1 saturated carbocycles. The number of rotatable bonds is 4. The Morgan fingerprint density at radius 3 is 2.93 bits per heavy atom. The van der Waals surface area contributed by atoms with Crippen molar-refractivity contribution in [3.63, 3.8) is 0 Å². The van der Waals surface area contributed by atoms with E-state index in [9.17, 15) is 5.11 Å². The minimum Gasteiger partial charge on any atom is -0.387 e. The quantitative estimate of drug-likeness (QED) is 0.820. The van der Waals surface area contributed by atoms with Crippen LogP contribution >= 0.6 is 0 Å². The van der Waals surface area contributed by atoms with Crippen LogP contribution in [0.5, 0.6) is 0 Å². The van der Waals surface area contributed by atoms with Gasteiger partial charge in [0, 0.05) is 6.20 Å². The molecule has 1 aliphatic carbocycles. The molecule has 0 bridgehead atoms. The predicted molar refractivity (Wildman–Crippen MR) is 60.5 cm³/mol. The van der Waals surface area contributed by atoms with Crippen LogP contribution in [0.3, 0.4) is 0 Å². The highest BCUT2D eigenvalue weighted by Crippen LogP contribution is 2.34. The van der Waals surface area contributed by atoms with Crippen LogP contribution in [0.1, 0.15) is 50.0 Å². The molecule has 1 aliphatic rings. The summed E-state index contributed by atoms with van der Waals surface area (Å²) in [6.07, 6.45) is 7.16. The normalized spacial score (nSPS) is 18.5. The van der Waals surface area contributed by atoms with Crippen molar-refractivity contribution >= 4 is 0 Å². The Morgan fingerprint density at radius 1 is 1.53 bits per heavy atom. The average molecular weight is 205 g/mol. The Balaban J connectivity index is 2.05. The number of nitrogens with zero attached hydrogens (tertiary/aromatic N) is 1. The van der Waals surface area contributed by atoms with Crippen molar-refractivity contribution in [1.29, 1.82) is 0 Å². The standard InChI is InChI=1S/C13H19NO/c1-2-11-7-4-8-14-13(11)12(15)9-10-5-3-6-10/h4,7-8,10,12,15H,2-3,5-6,9H2,1H3. The molecule has 15 heavy (non-hydrogen) atoms. The van der Waals surface area contributed by atoms with Crippen molar-refractivity contribution in [2.45, 2.75) is 45.1 Å². The van der Waals surface area contributed by atoms with Crippen molar-refractivity contribution in [2.75, 3.05) is 0 Å². The topological polar surface area (TPSA) is 33.1 Å². The van der Waals surface area contributed by atoms with Gasteiger partial charge in [0.1, 0.15) is 0 Å². The molecule has 1 N–H and O–H groups in total. The zero-order chi connectivity index (χ0) is 10.7. The number of hydrogen-bond acceptors (Lipinski definition) is 2. The summed E-state index contributed by atoms with van der Waals surface area (Å²) in [6.45, 7) is 2.11. The van der Waals surface area contributed by atoms with Gasteiger partial charge in [-0.3, -0.25) is 4.98 Å². The summed E-state index contributed by atoms with van der Waals surface area (Å²) < 4.78 is 0. The lowest BCUT2D eigenvalue weighted by Gasteiger charge is -2.27. The molecule has 1 atom stereocenters. The Labute approximate surface area is 91.4 Å². The van der Waals surface area contributed by atoms with Crippen LogP contribution in [0.25, 0.3) is 0 Å². The zero-order valence-corrected chi connectivity index (χ0v) is 9.32. The van der Waals surface area contributed by atoms with Gasteiger partial charge in [0.05, 0.1) is 11.8 Å². The molecule has 2 rings (SSSR count). The molecule has 1 fully saturated rings. The monoisotopic (exact) mass is 205 g/mol. The van der Waals surface area contributed by atoms with E-state index >= 15 is 0 Å². The highest BCUT2D eigenvalue weighted by atomic mass is 16.3. The van der Waals surface area contributed by atoms with Crippen LogP contribution in [-0.2, 0) is 6.42 Å². The first-order chi connectivity index (χ1) is 7.31. The highest BCUT2D eigenvalue weighted by molar-refractivity contribution is 5.21. The molecular formula is C13H19NO. The van der Waals surface area contributed by atoms with Crippen molar-refractivity contribution in [3.05, 3.63) is 29.6 Å². The Morgan fingerprint density at radius 2 is 2.33 bits per heavy atom. The molecule has 0 aliphatic heterocycles. The lowest BCUT2D eigenvalue weighted by atomic mass is 9.80. The van der Waals surface area contributed by atoms with Gasteiger partial charge in [-0.25, -0.2) is 0 Å². The molecule has 82 valence electrons. The van der Waals surface area contributed by atoms with Crippen molar-refractivity contribution < 1.29 is 5.11 Å². The second-order valence-corrected chi connectivity index (χ2v) is 4.45. The predicted octanol–water partition coefficient (Wildman–Crippen LogP) is 2.87. The van der Waals surface area contributed by atoms with Crippen LogP contribution < -0.4 is 0 Å². The summed E-state index contributed by atoms with van der Waals surface area (Å²) in [5, 5.41) is 10.1. The van der Waals surface area contributed by atoms with Crippen molar-refractivity contribution in [3.8, 4) is 0 Å². The fourth-order valence-corrected chi connectivity index (χ4v) is 2.21. The molecular weight excluding hydrogens is 186 g/mol. The smallest absolute Gasteiger partial charge is 0.0965 e. The van der Waals surface area contributed by atoms with E-state index in [1.807, 2.05) is 6.07 Å². The van der Waals surface area contributed by atoms with Gasteiger partial charge in [0.25, 0.3) is 0 Å². The lowest BCUT2D eigenvalue weighted by Crippen LogP contribution is -2.16. The highest BCUT2D eigenvalue weighted by Gasteiger charge is 2.23. The summed E-state index contributed by atoms with van der Waals surface area (Å²) in [4.78, 5) is 4.31. The van der Waals surface area contributed by atoms with Crippen LogP contribution in [0.4, 0.5) is 0 Å². The van der Waals surface area contributed by atoms with Gasteiger partial charge in [-0.15, -0.1) is 0 Å². The molecule has 1 aromatic heterocycles. The van der Waals surface area contributed by atoms with E-state index in [1.165, 1.54) is 24.8 Å². The summed E-state index contributed by atoms with van der Waals surface area (Å²) in [7, 11) is 0. The fourth-order valence-electron chi connectivity index (χ4n) is 2.21. The molecule has 0 aromatic carbocycles. The number of pyridine rings is 1. The van der Waals surface area contributed by atoms with E-state index in [1.54, 1.807) is 6.20 Å². The maximum atomic E-state index is 10.1. The third kappa shape index (κ3) is 2.37. The van der Waals surface area contributed by atoms with Gasteiger partial charge in [-0.1, -0.05) is 32.3 Å². The van der Waals surface area contributed by atoms with Gasteiger partial charge in [0.15, 0.2) is 0 Å². The molecule has 0 saturated heterocycles. The second-order valence-electron chi connectivity index (χ2n) is 4.45.